The first kappa shape index (κ1) is 23.7. The van der Waals surface area contributed by atoms with E-state index in [1.807, 2.05) is 49.4 Å². The summed E-state index contributed by atoms with van der Waals surface area (Å²) in [5.41, 5.74) is 3.57. The van der Waals surface area contributed by atoms with Crippen LogP contribution in [0.25, 0.3) is 0 Å². The normalized spacial score (nSPS) is 17.8. The molecule has 2 heterocycles. The number of hydrogen-bond donors (Lipinski definition) is 2. The van der Waals surface area contributed by atoms with E-state index >= 15 is 0 Å². The molecule has 4 rings (SSSR count). The number of benzene rings is 2. The van der Waals surface area contributed by atoms with Crippen LogP contribution in [0, 0.1) is 6.92 Å². The van der Waals surface area contributed by atoms with Gasteiger partial charge in [0, 0.05) is 0 Å². The van der Waals surface area contributed by atoms with Gasteiger partial charge >= 0.3 is 0 Å². The third kappa shape index (κ3) is 4.62. The molecule has 3 aromatic rings. The minimum absolute atomic E-state index is 0.129. The first-order valence-electron chi connectivity index (χ1n) is 11.3. The molecule has 0 unspecified atom stereocenters. The molecule has 2 atom stereocenters. The van der Waals surface area contributed by atoms with Gasteiger partial charge in [0.25, 0.3) is 12.3 Å². The fourth-order valence-electron chi connectivity index (χ4n) is 4.18. The number of ether oxygens (including phenoxy) is 1. The Morgan fingerprint density at radius 2 is 1.91 bits per heavy atom. The number of alkyl halides is 2. The number of halogens is 2. The van der Waals surface area contributed by atoms with E-state index in [9.17, 15) is 13.6 Å². The molecular formula is C26H30F2N4O2. The zero-order valence-corrected chi connectivity index (χ0v) is 20.0. The van der Waals surface area contributed by atoms with E-state index in [1.165, 1.54) is 18.0 Å². The SMILES string of the molecule is COc1ccc(C(C)(C)C)cc1NC(=O)c1cnn2c1N[C@@H](c1ccc(C)cc1)C[C@H]2C(F)F. The Bertz CT molecular complexity index is 1180. The first-order chi connectivity index (χ1) is 16.1. The third-order valence-corrected chi connectivity index (χ3v) is 6.23. The molecule has 0 spiro atoms. The molecule has 1 aliphatic rings. The number of fused-ring (bicyclic) bond motifs is 1. The molecule has 0 bridgehead atoms. The molecule has 2 aromatic carbocycles. The van der Waals surface area contributed by atoms with Gasteiger partial charge in [0.1, 0.15) is 23.2 Å². The summed E-state index contributed by atoms with van der Waals surface area (Å²) in [6, 6.07) is 11.9. The van der Waals surface area contributed by atoms with Crippen LogP contribution in [0.1, 0.15) is 66.3 Å². The number of nitrogens with one attached hydrogen (secondary N) is 2. The Hall–Kier alpha value is -3.42. The number of carbonyl (C=O) groups excluding carboxylic acids is 1. The average molecular weight is 469 g/mol. The molecule has 1 aromatic heterocycles. The smallest absolute Gasteiger partial charge is 0.261 e. The molecule has 8 heteroatoms. The number of methoxy groups -OCH3 is 1. The molecule has 0 saturated heterocycles. The summed E-state index contributed by atoms with van der Waals surface area (Å²) in [4.78, 5) is 13.3. The van der Waals surface area contributed by atoms with E-state index in [0.717, 1.165) is 16.7 Å². The number of carbonyl (C=O) groups is 1. The summed E-state index contributed by atoms with van der Waals surface area (Å²) >= 11 is 0. The van der Waals surface area contributed by atoms with Crippen molar-refractivity contribution in [2.24, 2.45) is 0 Å². The van der Waals surface area contributed by atoms with E-state index in [0.29, 0.717) is 11.4 Å². The summed E-state index contributed by atoms with van der Waals surface area (Å²) in [7, 11) is 1.53. The van der Waals surface area contributed by atoms with Crippen molar-refractivity contribution in [1.82, 2.24) is 9.78 Å². The van der Waals surface area contributed by atoms with Gasteiger partial charge in [-0.05, 0) is 42.0 Å². The topological polar surface area (TPSA) is 68.2 Å². The molecule has 0 fully saturated rings. The maximum absolute atomic E-state index is 14.0. The van der Waals surface area contributed by atoms with Crippen LogP contribution in [0.2, 0.25) is 0 Å². The van der Waals surface area contributed by atoms with Crippen LogP contribution < -0.4 is 15.4 Å². The van der Waals surface area contributed by atoms with Gasteiger partial charge in [0.15, 0.2) is 0 Å². The third-order valence-electron chi connectivity index (χ3n) is 6.23. The maximum Gasteiger partial charge on any atom is 0.261 e. The lowest BCUT2D eigenvalue weighted by Gasteiger charge is -2.32. The van der Waals surface area contributed by atoms with Crippen LogP contribution in [0.5, 0.6) is 5.75 Å². The van der Waals surface area contributed by atoms with Crippen LogP contribution in [0.3, 0.4) is 0 Å². The van der Waals surface area contributed by atoms with Crippen molar-refractivity contribution in [3.8, 4) is 5.75 Å². The van der Waals surface area contributed by atoms with Crippen LogP contribution in [0.15, 0.2) is 48.7 Å². The number of aryl methyl sites for hydroxylation is 1. The summed E-state index contributed by atoms with van der Waals surface area (Å²) in [5, 5.41) is 10.3. The summed E-state index contributed by atoms with van der Waals surface area (Å²) in [6.07, 6.45) is -1.11. The van der Waals surface area contributed by atoms with Gasteiger partial charge in [-0.25, -0.2) is 13.5 Å². The predicted molar refractivity (Wildman–Crippen MR) is 129 cm³/mol. The van der Waals surface area contributed by atoms with Crippen molar-refractivity contribution in [2.75, 3.05) is 17.7 Å². The minimum atomic E-state index is -2.62. The number of hydrogen-bond acceptors (Lipinski definition) is 4. The fourth-order valence-corrected chi connectivity index (χ4v) is 4.18. The molecule has 6 nitrogen and oxygen atoms in total. The van der Waals surface area contributed by atoms with Gasteiger partial charge in [0.2, 0.25) is 0 Å². The Morgan fingerprint density at radius 3 is 2.53 bits per heavy atom. The van der Waals surface area contributed by atoms with E-state index < -0.39 is 18.4 Å². The fraction of sp³-hybridized carbons (Fsp3) is 0.385. The molecule has 2 N–H and O–H groups in total. The summed E-state index contributed by atoms with van der Waals surface area (Å²) in [5.74, 6) is 0.347. The molecule has 180 valence electrons. The lowest BCUT2D eigenvalue weighted by Crippen LogP contribution is -2.31. The van der Waals surface area contributed by atoms with E-state index in [1.54, 1.807) is 0 Å². The standard InChI is InChI=1S/C26H30F2N4O2/c1-15-6-8-16(9-7-15)19-13-21(23(27)28)32-24(30-19)18(14-29-32)25(33)31-20-12-17(26(2,3)4)10-11-22(20)34-5/h6-12,14,19,21,23,30H,13H2,1-5H3,(H,31,33)/t19-,21+/m1/s1. The van der Waals surface area contributed by atoms with Crippen molar-refractivity contribution in [3.63, 3.8) is 0 Å². The molecule has 0 saturated carbocycles. The molecule has 1 amide bonds. The molecule has 34 heavy (non-hydrogen) atoms. The summed E-state index contributed by atoms with van der Waals surface area (Å²) in [6.45, 7) is 8.21. The van der Waals surface area contributed by atoms with Gasteiger partial charge in [-0.15, -0.1) is 0 Å². The number of nitrogens with zero attached hydrogens (tertiary/aromatic N) is 2. The maximum atomic E-state index is 14.0. The van der Waals surface area contributed by atoms with Crippen LogP contribution in [0.4, 0.5) is 20.3 Å². The van der Waals surface area contributed by atoms with Gasteiger partial charge in [-0.3, -0.25) is 4.79 Å². The van der Waals surface area contributed by atoms with Gasteiger partial charge in [-0.1, -0.05) is 56.7 Å². The molecule has 0 radical (unpaired) electrons. The van der Waals surface area contributed by atoms with Crippen molar-refractivity contribution in [3.05, 3.63) is 70.9 Å². The Labute approximate surface area is 198 Å². The predicted octanol–water partition coefficient (Wildman–Crippen LogP) is 6.11. The molecule has 1 aliphatic heterocycles. The van der Waals surface area contributed by atoms with E-state index in [4.69, 9.17) is 4.74 Å². The Kier molecular flexibility index (Phi) is 6.34. The largest absolute Gasteiger partial charge is 0.495 e. The quantitative estimate of drug-likeness (QED) is 0.474. The molecular weight excluding hydrogens is 438 g/mol. The summed E-state index contributed by atoms with van der Waals surface area (Å²) < 4.78 is 34.6. The highest BCUT2D eigenvalue weighted by molar-refractivity contribution is 6.08. The monoisotopic (exact) mass is 468 g/mol. The Balaban J connectivity index is 1.67. The van der Waals surface area contributed by atoms with Gasteiger partial charge in [0.05, 0.1) is 25.0 Å². The highest BCUT2D eigenvalue weighted by Crippen LogP contribution is 2.40. The van der Waals surface area contributed by atoms with Crippen molar-refractivity contribution >= 4 is 17.4 Å². The van der Waals surface area contributed by atoms with Crippen molar-refractivity contribution in [1.29, 1.82) is 0 Å². The second-order valence-electron chi connectivity index (χ2n) is 9.72. The van der Waals surface area contributed by atoms with Crippen LogP contribution >= 0.6 is 0 Å². The van der Waals surface area contributed by atoms with Crippen molar-refractivity contribution in [2.45, 2.75) is 58.0 Å². The van der Waals surface area contributed by atoms with Gasteiger partial charge < -0.3 is 15.4 Å². The lowest BCUT2D eigenvalue weighted by atomic mass is 9.87. The minimum Gasteiger partial charge on any atom is -0.495 e. The zero-order valence-electron chi connectivity index (χ0n) is 20.0. The van der Waals surface area contributed by atoms with Crippen LogP contribution in [-0.4, -0.2) is 29.2 Å². The first-order valence-corrected chi connectivity index (χ1v) is 11.3. The highest BCUT2D eigenvalue weighted by Gasteiger charge is 2.36. The average Bonchev–Trinajstić information content (AvgIpc) is 3.22. The second kappa shape index (κ2) is 9.08. The zero-order chi connectivity index (χ0) is 24.6. The second-order valence-corrected chi connectivity index (χ2v) is 9.72. The number of amides is 1. The molecule has 0 aliphatic carbocycles. The van der Waals surface area contributed by atoms with E-state index in [2.05, 4.69) is 36.5 Å². The van der Waals surface area contributed by atoms with Crippen LogP contribution in [-0.2, 0) is 5.41 Å². The van der Waals surface area contributed by atoms with Gasteiger partial charge in [-0.2, -0.15) is 5.10 Å². The number of rotatable bonds is 5. The number of anilines is 2. The van der Waals surface area contributed by atoms with Crippen molar-refractivity contribution < 1.29 is 18.3 Å². The number of aromatic nitrogens is 2. The lowest BCUT2D eigenvalue weighted by molar-refractivity contribution is 0.0657. The highest BCUT2D eigenvalue weighted by atomic mass is 19.3. The van der Waals surface area contributed by atoms with E-state index in [-0.39, 0.29) is 29.3 Å². The Morgan fingerprint density at radius 1 is 1.21 bits per heavy atom.